The Morgan fingerprint density at radius 2 is 1.62 bits per heavy atom. The molecule has 2 amide bonds. The predicted molar refractivity (Wildman–Crippen MR) is 95.1 cm³/mol. The van der Waals surface area contributed by atoms with E-state index >= 15 is 0 Å². The van der Waals surface area contributed by atoms with E-state index in [0.717, 1.165) is 13.1 Å². The van der Waals surface area contributed by atoms with Crippen LogP contribution in [0.15, 0.2) is 24.3 Å². The summed E-state index contributed by atoms with van der Waals surface area (Å²) < 4.78 is 5.21. The van der Waals surface area contributed by atoms with Crippen molar-refractivity contribution in [3.63, 3.8) is 0 Å². The number of hydrogen-bond donors (Lipinski definition) is 1. The first-order chi connectivity index (χ1) is 11.1. The molecule has 132 valence electrons. The van der Waals surface area contributed by atoms with Crippen molar-refractivity contribution in [3.05, 3.63) is 29.8 Å². The minimum atomic E-state index is -0.540. The average molecular weight is 332 g/mol. The molecule has 0 radical (unpaired) electrons. The number of nitrogens with zero attached hydrogens (tertiary/aromatic N) is 1. The van der Waals surface area contributed by atoms with E-state index in [1.807, 2.05) is 25.7 Å². The fourth-order valence-electron chi connectivity index (χ4n) is 3.13. The standard InChI is InChI=1S/C19H28N2O3/c1-13-10-14(2)12-21(11-13)17(22)15-6-8-16(9-7-15)20-18(23)24-19(3,4)5/h6-9,13-14H,10-12H2,1-5H3,(H,20,23)/t13-,14+. The summed E-state index contributed by atoms with van der Waals surface area (Å²) in [6.45, 7) is 11.4. The minimum Gasteiger partial charge on any atom is -0.444 e. The smallest absolute Gasteiger partial charge is 0.412 e. The van der Waals surface area contributed by atoms with Gasteiger partial charge in [-0.25, -0.2) is 4.79 Å². The Labute approximate surface area is 144 Å². The van der Waals surface area contributed by atoms with Crippen LogP contribution >= 0.6 is 0 Å². The zero-order valence-corrected chi connectivity index (χ0v) is 15.3. The van der Waals surface area contributed by atoms with Gasteiger partial charge in [0.2, 0.25) is 0 Å². The maximum Gasteiger partial charge on any atom is 0.412 e. The van der Waals surface area contributed by atoms with Gasteiger partial charge in [-0.3, -0.25) is 10.1 Å². The maximum atomic E-state index is 12.6. The van der Waals surface area contributed by atoms with Crippen molar-refractivity contribution in [2.45, 2.75) is 46.6 Å². The van der Waals surface area contributed by atoms with Gasteiger partial charge in [0, 0.05) is 24.3 Å². The van der Waals surface area contributed by atoms with E-state index < -0.39 is 11.7 Å². The lowest BCUT2D eigenvalue weighted by atomic mass is 9.91. The number of rotatable bonds is 2. The number of likely N-dealkylation sites (tertiary alicyclic amines) is 1. The first kappa shape index (κ1) is 18.3. The Balaban J connectivity index is 1.98. The topological polar surface area (TPSA) is 58.6 Å². The fraction of sp³-hybridized carbons (Fsp3) is 0.579. The Morgan fingerprint density at radius 1 is 1.08 bits per heavy atom. The molecule has 5 heteroatoms. The molecule has 1 aliphatic heterocycles. The van der Waals surface area contributed by atoms with Crippen LogP contribution in [0.25, 0.3) is 0 Å². The molecule has 5 nitrogen and oxygen atoms in total. The van der Waals surface area contributed by atoms with Crippen LogP contribution in [0, 0.1) is 11.8 Å². The van der Waals surface area contributed by atoms with Crippen molar-refractivity contribution in [1.82, 2.24) is 4.90 Å². The van der Waals surface area contributed by atoms with E-state index in [2.05, 4.69) is 19.2 Å². The summed E-state index contributed by atoms with van der Waals surface area (Å²) in [4.78, 5) is 26.3. The molecule has 2 atom stereocenters. The predicted octanol–water partition coefficient (Wildman–Crippen LogP) is 4.15. The molecule has 0 spiro atoms. The van der Waals surface area contributed by atoms with Gasteiger partial charge < -0.3 is 9.64 Å². The minimum absolute atomic E-state index is 0.0530. The van der Waals surface area contributed by atoms with E-state index in [1.54, 1.807) is 24.3 Å². The maximum absolute atomic E-state index is 12.6. The zero-order valence-electron chi connectivity index (χ0n) is 15.3. The third-order valence-corrected chi connectivity index (χ3v) is 3.93. The third kappa shape index (κ3) is 5.25. The lowest BCUT2D eigenvalue weighted by Gasteiger charge is -2.35. The second kappa shape index (κ2) is 7.24. The van der Waals surface area contributed by atoms with Crippen LogP contribution in [0.2, 0.25) is 0 Å². The zero-order chi connectivity index (χ0) is 17.9. The molecule has 1 aromatic rings. The van der Waals surface area contributed by atoms with E-state index in [9.17, 15) is 9.59 Å². The Morgan fingerprint density at radius 3 is 2.12 bits per heavy atom. The number of ether oxygens (including phenoxy) is 1. The summed E-state index contributed by atoms with van der Waals surface area (Å²) in [6.07, 6.45) is 0.669. The van der Waals surface area contributed by atoms with Gasteiger partial charge in [-0.05, 0) is 63.3 Å². The molecule has 1 saturated heterocycles. The van der Waals surface area contributed by atoms with Crippen molar-refractivity contribution < 1.29 is 14.3 Å². The van der Waals surface area contributed by atoms with Gasteiger partial charge in [-0.1, -0.05) is 13.8 Å². The monoisotopic (exact) mass is 332 g/mol. The van der Waals surface area contributed by atoms with Crippen LogP contribution in [0.1, 0.15) is 51.4 Å². The van der Waals surface area contributed by atoms with E-state index in [0.29, 0.717) is 23.1 Å². The Hall–Kier alpha value is -2.04. The molecular formula is C19H28N2O3. The summed E-state index contributed by atoms with van der Waals surface area (Å²) in [6, 6.07) is 6.96. The highest BCUT2D eigenvalue weighted by Crippen LogP contribution is 2.23. The SMILES string of the molecule is C[C@@H]1C[C@H](C)CN(C(=O)c2ccc(NC(=O)OC(C)(C)C)cc2)C1. The highest BCUT2D eigenvalue weighted by molar-refractivity contribution is 5.95. The van der Waals surface area contributed by atoms with Crippen molar-refractivity contribution in [2.24, 2.45) is 11.8 Å². The molecule has 0 bridgehead atoms. The first-order valence-corrected chi connectivity index (χ1v) is 8.53. The second-order valence-electron chi connectivity index (χ2n) is 7.86. The first-order valence-electron chi connectivity index (χ1n) is 8.53. The molecule has 1 N–H and O–H groups in total. The van der Waals surface area contributed by atoms with Gasteiger partial charge in [-0.15, -0.1) is 0 Å². The largest absolute Gasteiger partial charge is 0.444 e. The number of carbonyl (C=O) groups is 2. The van der Waals surface area contributed by atoms with Gasteiger partial charge in [0.1, 0.15) is 5.60 Å². The normalized spacial score (nSPS) is 21.3. The molecule has 1 aromatic carbocycles. The summed E-state index contributed by atoms with van der Waals surface area (Å²) in [5.41, 5.74) is 0.717. The molecule has 1 fully saturated rings. The molecule has 0 saturated carbocycles. The second-order valence-corrected chi connectivity index (χ2v) is 7.86. The van der Waals surface area contributed by atoms with Crippen LogP contribution in [-0.4, -0.2) is 35.6 Å². The number of nitrogens with one attached hydrogen (secondary N) is 1. The molecule has 0 aromatic heterocycles. The summed E-state index contributed by atoms with van der Waals surface area (Å²) >= 11 is 0. The van der Waals surface area contributed by atoms with Gasteiger partial charge in [0.15, 0.2) is 0 Å². The average Bonchev–Trinajstić information content (AvgIpc) is 2.44. The van der Waals surface area contributed by atoms with Crippen LogP contribution < -0.4 is 5.32 Å². The molecule has 24 heavy (non-hydrogen) atoms. The lowest BCUT2D eigenvalue weighted by Crippen LogP contribution is -2.42. The third-order valence-electron chi connectivity index (χ3n) is 3.93. The van der Waals surface area contributed by atoms with E-state index in [-0.39, 0.29) is 5.91 Å². The highest BCUT2D eigenvalue weighted by atomic mass is 16.6. The fourth-order valence-corrected chi connectivity index (χ4v) is 3.13. The van der Waals surface area contributed by atoms with E-state index in [1.165, 1.54) is 6.42 Å². The molecule has 0 aliphatic carbocycles. The number of piperidine rings is 1. The van der Waals surface area contributed by atoms with Gasteiger partial charge in [0.05, 0.1) is 0 Å². The molecular weight excluding hydrogens is 304 g/mol. The molecule has 2 rings (SSSR count). The van der Waals surface area contributed by atoms with Crippen molar-refractivity contribution in [1.29, 1.82) is 0 Å². The molecule has 0 unspecified atom stereocenters. The Kier molecular flexibility index (Phi) is 5.52. The quantitative estimate of drug-likeness (QED) is 0.885. The summed E-state index contributed by atoms with van der Waals surface area (Å²) in [5.74, 6) is 1.12. The van der Waals surface area contributed by atoms with Gasteiger partial charge >= 0.3 is 6.09 Å². The number of carbonyl (C=O) groups excluding carboxylic acids is 2. The number of anilines is 1. The number of benzene rings is 1. The number of amides is 2. The van der Waals surface area contributed by atoms with Gasteiger partial charge in [0.25, 0.3) is 5.91 Å². The Bertz CT molecular complexity index is 580. The van der Waals surface area contributed by atoms with Crippen LogP contribution in [0.3, 0.4) is 0 Å². The van der Waals surface area contributed by atoms with Crippen molar-refractivity contribution in [2.75, 3.05) is 18.4 Å². The number of hydrogen-bond acceptors (Lipinski definition) is 3. The van der Waals surface area contributed by atoms with E-state index in [4.69, 9.17) is 4.74 Å². The molecule has 1 heterocycles. The summed E-state index contributed by atoms with van der Waals surface area (Å²) in [7, 11) is 0. The van der Waals surface area contributed by atoms with Gasteiger partial charge in [-0.2, -0.15) is 0 Å². The van der Waals surface area contributed by atoms with Crippen LogP contribution in [-0.2, 0) is 4.74 Å². The van der Waals surface area contributed by atoms with Crippen LogP contribution in [0.5, 0.6) is 0 Å². The lowest BCUT2D eigenvalue weighted by molar-refractivity contribution is 0.0620. The van der Waals surface area contributed by atoms with Crippen molar-refractivity contribution >= 4 is 17.7 Å². The van der Waals surface area contributed by atoms with Crippen molar-refractivity contribution in [3.8, 4) is 0 Å². The highest BCUT2D eigenvalue weighted by Gasteiger charge is 2.26. The molecule has 1 aliphatic rings. The summed E-state index contributed by atoms with van der Waals surface area (Å²) in [5, 5.41) is 2.67. The van der Waals surface area contributed by atoms with Crippen LogP contribution in [0.4, 0.5) is 10.5 Å².